The molecule has 1 aliphatic heterocycles. The third-order valence-electron chi connectivity index (χ3n) is 3.98. The van der Waals surface area contributed by atoms with Crippen LogP contribution in [-0.4, -0.2) is 36.9 Å². The predicted molar refractivity (Wildman–Crippen MR) is 88.0 cm³/mol. The molecule has 0 atom stereocenters. The van der Waals surface area contributed by atoms with Crippen LogP contribution in [0.5, 0.6) is 0 Å². The SMILES string of the molecule is CCN1CCn2cc(S(=O)(=O)Nc3ccc(C)cc3)cc2C1=O. The molecule has 2 aromatic rings. The summed E-state index contributed by atoms with van der Waals surface area (Å²) in [4.78, 5) is 14.1. The van der Waals surface area contributed by atoms with E-state index in [9.17, 15) is 13.2 Å². The highest BCUT2D eigenvalue weighted by Gasteiger charge is 2.27. The van der Waals surface area contributed by atoms with Crippen LogP contribution in [0.3, 0.4) is 0 Å². The summed E-state index contributed by atoms with van der Waals surface area (Å²) in [5.74, 6) is -0.129. The van der Waals surface area contributed by atoms with Gasteiger partial charge in [-0.05, 0) is 32.0 Å². The molecule has 7 heteroatoms. The molecule has 23 heavy (non-hydrogen) atoms. The van der Waals surface area contributed by atoms with Crippen LogP contribution < -0.4 is 4.72 Å². The first kappa shape index (κ1) is 15.6. The molecule has 0 fully saturated rings. The number of likely N-dealkylation sites (N-methyl/N-ethyl adjacent to an activating group) is 1. The Kier molecular flexibility index (Phi) is 3.89. The molecule has 0 spiro atoms. The summed E-state index contributed by atoms with van der Waals surface area (Å²) < 4.78 is 29.3. The van der Waals surface area contributed by atoms with Crippen molar-refractivity contribution in [3.8, 4) is 0 Å². The molecule has 6 nitrogen and oxygen atoms in total. The second kappa shape index (κ2) is 5.73. The van der Waals surface area contributed by atoms with Crippen molar-refractivity contribution in [3.63, 3.8) is 0 Å². The number of amides is 1. The molecule has 0 unspecified atom stereocenters. The van der Waals surface area contributed by atoms with Gasteiger partial charge in [0.05, 0.1) is 0 Å². The van der Waals surface area contributed by atoms with E-state index in [-0.39, 0.29) is 10.8 Å². The molecule has 0 saturated carbocycles. The Morgan fingerprint density at radius 3 is 2.52 bits per heavy atom. The Morgan fingerprint density at radius 2 is 1.87 bits per heavy atom. The van der Waals surface area contributed by atoms with E-state index in [1.165, 1.54) is 12.3 Å². The molecule has 0 saturated heterocycles. The van der Waals surface area contributed by atoms with Crippen molar-refractivity contribution >= 4 is 21.6 Å². The molecular weight excluding hydrogens is 314 g/mol. The summed E-state index contributed by atoms with van der Waals surface area (Å²) >= 11 is 0. The molecule has 0 radical (unpaired) electrons. The Labute approximate surface area is 135 Å². The number of carbonyl (C=O) groups excluding carboxylic acids is 1. The van der Waals surface area contributed by atoms with Gasteiger partial charge in [0.1, 0.15) is 10.6 Å². The van der Waals surface area contributed by atoms with Crippen LogP contribution in [0.25, 0.3) is 0 Å². The van der Waals surface area contributed by atoms with E-state index in [1.807, 2.05) is 26.0 Å². The number of benzene rings is 1. The molecule has 2 heterocycles. The third kappa shape index (κ3) is 2.96. The number of rotatable bonds is 4. The average Bonchev–Trinajstić information content (AvgIpc) is 2.96. The molecule has 1 aromatic heterocycles. The summed E-state index contributed by atoms with van der Waals surface area (Å²) in [6, 6.07) is 8.55. The molecule has 0 aliphatic carbocycles. The number of hydrogen-bond donors (Lipinski definition) is 1. The van der Waals surface area contributed by atoms with Crippen LogP contribution in [0.1, 0.15) is 23.0 Å². The van der Waals surface area contributed by atoms with Gasteiger partial charge in [-0.1, -0.05) is 17.7 Å². The maximum Gasteiger partial charge on any atom is 0.270 e. The fourth-order valence-electron chi connectivity index (χ4n) is 2.62. The number of nitrogens with zero attached hydrogens (tertiary/aromatic N) is 2. The summed E-state index contributed by atoms with van der Waals surface area (Å²) in [5, 5.41) is 0. The Balaban J connectivity index is 1.90. The monoisotopic (exact) mass is 333 g/mol. The lowest BCUT2D eigenvalue weighted by Crippen LogP contribution is -2.39. The van der Waals surface area contributed by atoms with Crippen molar-refractivity contribution in [2.24, 2.45) is 0 Å². The lowest BCUT2D eigenvalue weighted by atomic mass is 10.2. The number of sulfonamides is 1. The molecule has 122 valence electrons. The van der Waals surface area contributed by atoms with Gasteiger partial charge in [-0.15, -0.1) is 0 Å². The van der Waals surface area contributed by atoms with E-state index in [2.05, 4.69) is 4.72 Å². The summed E-state index contributed by atoms with van der Waals surface area (Å²) in [6.45, 7) is 5.67. The van der Waals surface area contributed by atoms with Crippen LogP contribution in [0.4, 0.5) is 5.69 Å². The molecule has 0 bridgehead atoms. The van der Waals surface area contributed by atoms with Gasteiger partial charge in [-0.2, -0.15) is 0 Å². The molecule has 1 aliphatic rings. The minimum Gasteiger partial charge on any atom is -0.340 e. The molecule has 3 rings (SSSR count). The Bertz CT molecular complexity index is 838. The number of aryl methyl sites for hydroxylation is 1. The minimum absolute atomic E-state index is 0.111. The van der Waals surface area contributed by atoms with Gasteiger partial charge >= 0.3 is 0 Å². The highest BCUT2D eigenvalue weighted by atomic mass is 32.2. The van der Waals surface area contributed by atoms with E-state index < -0.39 is 10.0 Å². The van der Waals surface area contributed by atoms with Crippen molar-refractivity contribution < 1.29 is 13.2 Å². The van der Waals surface area contributed by atoms with E-state index in [0.29, 0.717) is 31.0 Å². The van der Waals surface area contributed by atoms with Crippen molar-refractivity contribution in [2.45, 2.75) is 25.3 Å². The van der Waals surface area contributed by atoms with E-state index >= 15 is 0 Å². The summed E-state index contributed by atoms with van der Waals surface area (Å²) in [6.07, 6.45) is 1.52. The van der Waals surface area contributed by atoms with Crippen LogP contribution in [0, 0.1) is 6.92 Å². The van der Waals surface area contributed by atoms with Gasteiger partial charge in [0.15, 0.2) is 0 Å². The van der Waals surface area contributed by atoms with Crippen molar-refractivity contribution in [2.75, 3.05) is 17.8 Å². The maximum atomic E-state index is 12.5. The van der Waals surface area contributed by atoms with Crippen LogP contribution in [0.2, 0.25) is 0 Å². The summed E-state index contributed by atoms with van der Waals surface area (Å²) in [7, 11) is -3.71. The second-order valence-corrected chi connectivity index (χ2v) is 7.29. The van der Waals surface area contributed by atoms with Gasteiger partial charge in [0, 0.05) is 31.5 Å². The quantitative estimate of drug-likeness (QED) is 0.931. The molecule has 1 amide bonds. The van der Waals surface area contributed by atoms with Crippen LogP contribution in [-0.2, 0) is 16.6 Å². The van der Waals surface area contributed by atoms with Gasteiger partial charge in [0.25, 0.3) is 15.9 Å². The number of nitrogens with one attached hydrogen (secondary N) is 1. The lowest BCUT2D eigenvalue weighted by Gasteiger charge is -2.26. The zero-order valence-corrected chi connectivity index (χ0v) is 13.9. The van der Waals surface area contributed by atoms with Crippen LogP contribution >= 0.6 is 0 Å². The molecular formula is C16H19N3O3S. The first-order valence-electron chi connectivity index (χ1n) is 7.49. The second-order valence-electron chi connectivity index (χ2n) is 5.61. The third-order valence-corrected chi connectivity index (χ3v) is 5.33. The Hall–Kier alpha value is -2.28. The number of fused-ring (bicyclic) bond motifs is 1. The van der Waals surface area contributed by atoms with Gasteiger partial charge in [0.2, 0.25) is 0 Å². The molecule has 1 aromatic carbocycles. The minimum atomic E-state index is -3.71. The number of aromatic nitrogens is 1. The highest BCUT2D eigenvalue weighted by molar-refractivity contribution is 7.92. The van der Waals surface area contributed by atoms with E-state index in [4.69, 9.17) is 0 Å². The number of hydrogen-bond acceptors (Lipinski definition) is 3. The van der Waals surface area contributed by atoms with E-state index in [0.717, 1.165) is 5.56 Å². The van der Waals surface area contributed by atoms with Crippen molar-refractivity contribution in [1.82, 2.24) is 9.47 Å². The largest absolute Gasteiger partial charge is 0.340 e. The van der Waals surface area contributed by atoms with Gasteiger partial charge < -0.3 is 9.47 Å². The topological polar surface area (TPSA) is 71.4 Å². The smallest absolute Gasteiger partial charge is 0.270 e. The summed E-state index contributed by atoms with van der Waals surface area (Å²) in [5.41, 5.74) is 1.97. The number of carbonyl (C=O) groups is 1. The van der Waals surface area contributed by atoms with Crippen molar-refractivity contribution in [1.29, 1.82) is 0 Å². The van der Waals surface area contributed by atoms with Crippen molar-refractivity contribution in [3.05, 3.63) is 47.8 Å². The fraction of sp³-hybridized carbons (Fsp3) is 0.312. The van der Waals surface area contributed by atoms with Gasteiger partial charge in [-0.25, -0.2) is 8.42 Å². The fourth-order valence-corrected chi connectivity index (χ4v) is 3.72. The number of anilines is 1. The lowest BCUT2D eigenvalue weighted by molar-refractivity contribution is 0.0715. The zero-order chi connectivity index (χ0) is 16.6. The van der Waals surface area contributed by atoms with Gasteiger partial charge in [-0.3, -0.25) is 9.52 Å². The molecule has 1 N–H and O–H groups in total. The Morgan fingerprint density at radius 1 is 1.17 bits per heavy atom. The zero-order valence-electron chi connectivity index (χ0n) is 13.1. The highest BCUT2D eigenvalue weighted by Crippen LogP contribution is 2.22. The first-order chi connectivity index (χ1) is 10.9. The van der Waals surface area contributed by atoms with Crippen LogP contribution in [0.15, 0.2) is 41.4 Å². The predicted octanol–water partition coefficient (Wildman–Crippen LogP) is 2.07. The average molecular weight is 333 g/mol. The normalized spacial score (nSPS) is 14.7. The standard InChI is InChI=1S/C16H19N3O3S/c1-3-18-8-9-19-11-14(10-15(19)16(18)20)23(21,22)17-13-6-4-12(2)5-7-13/h4-7,10-11,17H,3,8-9H2,1-2H3. The maximum absolute atomic E-state index is 12.5. The van der Waals surface area contributed by atoms with E-state index in [1.54, 1.807) is 21.6 Å². The first-order valence-corrected chi connectivity index (χ1v) is 8.98.